The van der Waals surface area contributed by atoms with Gasteiger partial charge in [0.2, 0.25) is 0 Å². The zero-order valence-electron chi connectivity index (χ0n) is 34.8. The fourth-order valence-electron chi connectivity index (χ4n) is 10.3. The van der Waals surface area contributed by atoms with E-state index >= 15 is 0 Å². The Hall–Kier alpha value is -8.08. The molecule has 0 spiro atoms. The Morgan fingerprint density at radius 3 is 1.89 bits per heavy atom. The topological polar surface area (TPSA) is 43.9 Å². The summed E-state index contributed by atoms with van der Waals surface area (Å²) in [6.07, 6.45) is 0. The molecule has 0 unspecified atom stereocenters. The van der Waals surface area contributed by atoms with Gasteiger partial charge in [-0.05, 0) is 111 Å². The molecule has 1 aliphatic rings. The van der Waals surface area contributed by atoms with Gasteiger partial charge in [0.25, 0.3) is 0 Å². The number of nitrogens with zero attached hydrogens (tertiary/aromatic N) is 3. The molecule has 4 nitrogen and oxygen atoms in total. The molecule has 1 aliphatic carbocycles. The second-order valence-corrected chi connectivity index (χ2v) is 17.3. The second-order valence-electron chi connectivity index (χ2n) is 17.3. The highest BCUT2D eigenvalue weighted by Crippen LogP contribution is 2.51. The molecule has 3 aromatic heterocycles. The summed E-state index contributed by atoms with van der Waals surface area (Å²) >= 11 is 0. The van der Waals surface area contributed by atoms with Crippen LogP contribution in [-0.4, -0.2) is 14.5 Å². The van der Waals surface area contributed by atoms with Gasteiger partial charge in [0.05, 0.1) is 22.2 Å². The Labute approximate surface area is 364 Å². The summed E-state index contributed by atoms with van der Waals surface area (Å²) in [4.78, 5) is 10.3. The Morgan fingerprint density at radius 1 is 0.413 bits per heavy atom. The predicted octanol–water partition coefficient (Wildman–Crippen LogP) is 15.6. The Morgan fingerprint density at radius 2 is 1.08 bits per heavy atom. The van der Waals surface area contributed by atoms with Gasteiger partial charge in [-0.1, -0.05) is 147 Å². The van der Waals surface area contributed by atoms with Crippen molar-refractivity contribution in [2.75, 3.05) is 0 Å². The molecule has 0 atom stereocenters. The average molecular weight is 806 g/mol. The lowest BCUT2D eigenvalue weighted by atomic mass is 9.82. The van der Waals surface area contributed by atoms with E-state index in [4.69, 9.17) is 14.4 Å². The van der Waals surface area contributed by atoms with Gasteiger partial charge in [-0.15, -0.1) is 0 Å². The molecule has 0 bridgehead atoms. The van der Waals surface area contributed by atoms with E-state index in [-0.39, 0.29) is 5.41 Å². The van der Waals surface area contributed by atoms with Gasteiger partial charge < -0.3 is 8.98 Å². The number of hydrogen-bond donors (Lipinski definition) is 0. The second kappa shape index (κ2) is 13.5. The first-order chi connectivity index (χ1) is 31.0. The molecule has 0 saturated heterocycles. The van der Waals surface area contributed by atoms with E-state index in [0.717, 1.165) is 77.6 Å². The van der Waals surface area contributed by atoms with Crippen LogP contribution in [0.25, 0.3) is 116 Å². The number of para-hydroxylation sites is 1. The number of furan rings is 1. The van der Waals surface area contributed by atoms with Crippen LogP contribution in [0, 0.1) is 0 Å². The van der Waals surface area contributed by atoms with E-state index in [0.29, 0.717) is 5.82 Å². The first kappa shape index (κ1) is 35.7. The third kappa shape index (κ3) is 5.41. The number of aromatic nitrogens is 3. The first-order valence-electron chi connectivity index (χ1n) is 21.6. The largest absolute Gasteiger partial charge is 0.456 e. The summed E-state index contributed by atoms with van der Waals surface area (Å²) in [6.45, 7) is 4.71. The molecule has 12 aromatic rings. The van der Waals surface area contributed by atoms with Crippen molar-refractivity contribution < 1.29 is 4.42 Å². The van der Waals surface area contributed by atoms with Crippen LogP contribution in [0.15, 0.2) is 205 Å². The molecule has 0 aliphatic heterocycles. The number of benzene rings is 9. The van der Waals surface area contributed by atoms with Crippen molar-refractivity contribution in [3.8, 4) is 61.7 Å². The van der Waals surface area contributed by atoms with Gasteiger partial charge in [0, 0.05) is 49.2 Å². The molecule has 13 rings (SSSR count). The fraction of sp³-hybridized carbons (Fsp3) is 0.0508. The lowest BCUT2D eigenvalue weighted by Gasteiger charge is -2.21. The van der Waals surface area contributed by atoms with E-state index in [2.05, 4.69) is 194 Å². The minimum Gasteiger partial charge on any atom is -0.456 e. The van der Waals surface area contributed by atoms with E-state index in [1.807, 2.05) is 24.3 Å². The summed E-state index contributed by atoms with van der Waals surface area (Å²) in [5.74, 6) is 0.706. The van der Waals surface area contributed by atoms with Crippen LogP contribution in [0.4, 0.5) is 0 Å². The molecular formula is C59H39N3O. The van der Waals surface area contributed by atoms with Crippen molar-refractivity contribution in [1.82, 2.24) is 14.5 Å². The maximum Gasteiger partial charge on any atom is 0.160 e. The van der Waals surface area contributed by atoms with Crippen molar-refractivity contribution >= 4 is 54.6 Å². The van der Waals surface area contributed by atoms with Crippen molar-refractivity contribution in [1.29, 1.82) is 0 Å². The third-order valence-corrected chi connectivity index (χ3v) is 13.4. The van der Waals surface area contributed by atoms with Crippen LogP contribution < -0.4 is 0 Å². The molecule has 0 N–H and O–H groups in total. The van der Waals surface area contributed by atoms with E-state index in [1.54, 1.807) is 0 Å². The standard InChI is InChI=1S/C59H39N3O/c1-59(2)49-23-13-12-21-43(49)45-34-47-46-31-38(26-29-52(46)62(53(47)35-50(45)59)41-19-10-5-11-20-41)39-27-30-54-48(32-39)56-42(22-14-24-55(56)63-54)40-25-28-44-51(33-40)60-58(37-17-8-4-9-18-37)61-57(44)36-15-6-3-7-16-36/h3-35H,1-2H3. The van der Waals surface area contributed by atoms with Gasteiger partial charge >= 0.3 is 0 Å². The summed E-state index contributed by atoms with van der Waals surface area (Å²) in [7, 11) is 0. The summed E-state index contributed by atoms with van der Waals surface area (Å²) in [6, 6.07) is 71.7. The van der Waals surface area contributed by atoms with Gasteiger partial charge in [-0.3, -0.25) is 0 Å². The molecule has 0 amide bonds. The zero-order valence-corrected chi connectivity index (χ0v) is 34.8. The molecule has 0 fully saturated rings. The minimum absolute atomic E-state index is 0.0956. The fourth-order valence-corrected chi connectivity index (χ4v) is 10.3. The molecule has 3 heterocycles. The highest BCUT2D eigenvalue weighted by molar-refractivity contribution is 6.15. The first-order valence-corrected chi connectivity index (χ1v) is 21.6. The molecule has 0 radical (unpaired) electrons. The quantitative estimate of drug-likeness (QED) is 0.174. The van der Waals surface area contributed by atoms with Crippen LogP contribution in [0.5, 0.6) is 0 Å². The summed E-state index contributed by atoms with van der Waals surface area (Å²) in [5.41, 5.74) is 18.9. The van der Waals surface area contributed by atoms with Crippen molar-refractivity contribution in [3.63, 3.8) is 0 Å². The molecule has 63 heavy (non-hydrogen) atoms. The number of rotatable bonds is 5. The molecular weight excluding hydrogens is 767 g/mol. The van der Waals surface area contributed by atoms with E-state index < -0.39 is 0 Å². The zero-order chi connectivity index (χ0) is 41.8. The highest BCUT2D eigenvalue weighted by Gasteiger charge is 2.36. The maximum absolute atomic E-state index is 6.59. The monoisotopic (exact) mass is 805 g/mol. The van der Waals surface area contributed by atoms with Crippen LogP contribution >= 0.6 is 0 Å². The van der Waals surface area contributed by atoms with Crippen molar-refractivity contribution in [3.05, 3.63) is 211 Å². The Balaban J connectivity index is 0.987. The molecule has 9 aromatic carbocycles. The van der Waals surface area contributed by atoms with Crippen molar-refractivity contribution in [2.45, 2.75) is 19.3 Å². The number of fused-ring (bicyclic) bond motifs is 10. The van der Waals surface area contributed by atoms with Crippen LogP contribution in [0.2, 0.25) is 0 Å². The summed E-state index contributed by atoms with van der Waals surface area (Å²) in [5, 5.41) is 5.67. The number of hydrogen-bond acceptors (Lipinski definition) is 3. The smallest absolute Gasteiger partial charge is 0.160 e. The van der Waals surface area contributed by atoms with Gasteiger partial charge in [-0.25, -0.2) is 9.97 Å². The maximum atomic E-state index is 6.59. The van der Waals surface area contributed by atoms with Gasteiger partial charge in [0.1, 0.15) is 11.2 Å². The normalized spacial score (nSPS) is 13.0. The molecule has 0 saturated carbocycles. The Kier molecular flexibility index (Phi) is 7.62. The third-order valence-electron chi connectivity index (χ3n) is 13.4. The predicted molar refractivity (Wildman–Crippen MR) is 260 cm³/mol. The van der Waals surface area contributed by atoms with Crippen LogP contribution in [0.3, 0.4) is 0 Å². The average Bonchev–Trinajstić information content (AvgIpc) is 3.95. The lowest BCUT2D eigenvalue weighted by Crippen LogP contribution is -2.14. The van der Waals surface area contributed by atoms with E-state index in [9.17, 15) is 0 Å². The Bertz CT molecular complexity index is 3800. The molecule has 296 valence electrons. The van der Waals surface area contributed by atoms with Gasteiger partial charge in [0.15, 0.2) is 5.82 Å². The summed E-state index contributed by atoms with van der Waals surface area (Å²) < 4.78 is 9.02. The minimum atomic E-state index is -0.0956. The van der Waals surface area contributed by atoms with Crippen LogP contribution in [-0.2, 0) is 5.41 Å². The SMILES string of the molecule is CC1(C)c2ccccc2-c2cc3c4cc(-c5ccc6oc7cccc(-c8ccc9c(-c%10ccccc%10)nc(-c%10ccccc%10)nc9c8)c7c6c5)ccc4n(-c4ccccc4)c3cc21. The van der Waals surface area contributed by atoms with E-state index in [1.165, 1.54) is 44.1 Å². The van der Waals surface area contributed by atoms with Crippen LogP contribution in [0.1, 0.15) is 25.0 Å². The lowest BCUT2D eigenvalue weighted by molar-refractivity contribution is 0.661. The van der Waals surface area contributed by atoms with Gasteiger partial charge in [-0.2, -0.15) is 0 Å². The van der Waals surface area contributed by atoms with Crippen molar-refractivity contribution in [2.24, 2.45) is 0 Å². The highest BCUT2D eigenvalue weighted by atomic mass is 16.3. The molecule has 4 heteroatoms.